The van der Waals surface area contributed by atoms with Gasteiger partial charge in [0.15, 0.2) is 0 Å². The highest BCUT2D eigenvalue weighted by Crippen LogP contribution is 2.36. The zero-order valence-electron chi connectivity index (χ0n) is 18.1. The molecule has 11 heteroatoms. The highest BCUT2D eigenvalue weighted by molar-refractivity contribution is 7.92. The van der Waals surface area contributed by atoms with Gasteiger partial charge in [-0.25, -0.2) is 13.4 Å². The van der Waals surface area contributed by atoms with Gasteiger partial charge in [0.1, 0.15) is 10.7 Å². The Balaban J connectivity index is 2.02. The molecule has 0 aliphatic rings. The van der Waals surface area contributed by atoms with Crippen molar-refractivity contribution in [3.8, 4) is 0 Å². The van der Waals surface area contributed by atoms with Crippen molar-refractivity contribution < 1.29 is 17.2 Å². The van der Waals surface area contributed by atoms with Crippen LogP contribution < -0.4 is 10.9 Å². The maximum Gasteiger partial charge on any atom is 0.352 e. The quantitative estimate of drug-likeness (QED) is 0.523. The number of nitrogens with zero attached hydrogens (tertiary/aromatic N) is 3. The second-order valence-electron chi connectivity index (χ2n) is 8.06. The number of hydrogen-bond acceptors (Lipinski definition) is 6. The Morgan fingerprint density at radius 1 is 1.16 bits per heavy atom. The smallest absolute Gasteiger partial charge is 0.324 e. The molecule has 7 nitrogen and oxygen atoms in total. The van der Waals surface area contributed by atoms with E-state index in [0.717, 1.165) is 19.9 Å². The van der Waals surface area contributed by atoms with E-state index in [1.807, 2.05) is 13.8 Å². The van der Waals surface area contributed by atoms with Crippen LogP contribution in [0.4, 0.5) is 20.4 Å². The van der Waals surface area contributed by atoms with E-state index in [0.29, 0.717) is 22.3 Å². The molecule has 0 aliphatic carbocycles. The third-order valence-electron chi connectivity index (χ3n) is 5.03. The first-order valence-corrected chi connectivity index (χ1v) is 11.7. The molecule has 2 aromatic heterocycles. The van der Waals surface area contributed by atoms with Gasteiger partial charge in [0.2, 0.25) is 15.8 Å². The van der Waals surface area contributed by atoms with Gasteiger partial charge in [-0.2, -0.15) is 13.8 Å². The molecule has 1 N–H and O–H groups in total. The largest absolute Gasteiger partial charge is 0.352 e. The van der Waals surface area contributed by atoms with E-state index in [1.54, 1.807) is 6.92 Å². The molecule has 1 aromatic carbocycles. The number of benzene rings is 1. The van der Waals surface area contributed by atoms with E-state index in [9.17, 15) is 22.0 Å². The molecular formula is C21H23ClF2N4O3S. The van der Waals surface area contributed by atoms with Gasteiger partial charge in [0, 0.05) is 29.2 Å². The maximum atomic E-state index is 14.2. The zero-order valence-corrected chi connectivity index (χ0v) is 19.7. The van der Waals surface area contributed by atoms with Crippen molar-refractivity contribution in [2.24, 2.45) is 5.92 Å². The molecule has 0 unspecified atom stereocenters. The van der Waals surface area contributed by atoms with Crippen molar-refractivity contribution in [3.63, 3.8) is 0 Å². The van der Waals surface area contributed by atoms with Crippen molar-refractivity contribution in [1.29, 1.82) is 0 Å². The van der Waals surface area contributed by atoms with E-state index in [-0.39, 0.29) is 22.6 Å². The number of aromatic nitrogens is 3. The van der Waals surface area contributed by atoms with Gasteiger partial charge >= 0.3 is 5.25 Å². The predicted molar refractivity (Wildman–Crippen MR) is 121 cm³/mol. The number of halogens is 3. The van der Waals surface area contributed by atoms with Crippen LogP contribution in [-0.4, -0.2) is 28.2 Å². The van der Waals surface area contributed by atoms with Crippen LogP contribution >= 0.6 is 11.6 Å². The number of sulfone groups is 1. The lowest BCUT2D eigenvalue weighted by molar-refractivity contribution is 0.0423. The van der Waals surface area contributed by atoms with Crippen LogP contribution in [0.2, 0.25) is 5.02 Å². The Bertz CT molecular complexity index is 1360. The molecule has 172 valence electrons. The van der Waals surface area contributed by atoms with E-state index < -0.39 is 25.9 Å². The maximum absolute atomic E-state index is 14.2. The third-order valence-corrected chi connectivity index (χ3v) is 7.36. The SMILES string of the molecule is Cc1cc(S(=O)(=O)C(F)(F)C(C)C)ccc1Nc1ncc2cc(Cl)c(=O)n(C(C)C)c2n1. The first-order valence-electron chi connectivity index (χ1n) is 9.85. The highest BCUT2D eigenvalue weighted by atomic mass is 35.5. The number of pyridine rings is 1. The number of alkyl halides is 2. The number of rotatable bonds is 6. The summed E-state index contributed by atoms with van der Waals surface area (Å²) in [6.45, 7) is 7.54. The van der Waals surface area contributed by atoms with Crippen molar-refractivity contribution in [2.45, 2.75) is 50.8 Å². The number of anilines is 2. The molecule has 0 saturated heterocycles. The number of aryl methyl sites for hydroxylation is 1. The summed E-state index contributed by atoms with van der Waals surface area (Å²) in [6.07, 6.45) is 1.51. The Morgan fingerprint density at radius 2 is 1.81 bits per heavy atom. The van der Waals surface area contributed by atoms with Gasteiger partial charge in [-0.1, -0.05) is 25.4 Å². The van der Waals surface area contributed by atoms with Crippen LogP contribution in [0.25, 0.3) is 11.0 Å². The highest BCUT2D eigenvalue weighted by Gasteiger charge is 2.48. The molecule has 32 heavy (non-hydrogen) atoms. The van der Waals surface area contributed by atoms with Crippen molar-refractivity contribution in [2.75, 3.05) is 5.32 Å². The second-order valence-corrected chi connectivity index (χ2v) is 10.5. The van der Waals surface area contributed by atoms with Gasteiger partial charge < -0.3 is 5.32 Å². The normalized spacial score (nSPS) is 12.7. The monoisotopic (exact) mass is 484 g/mol. The molecule has 0 fully saturated rings. The van der Waals surface area contributed by atoms with E-state index in [2.05, 4.69) is 15.3 Å². The molecule has 0 amide bonds. The average molecular weight is 485 g/mol. The first-order chi connectivity index (χ1) is 14.8. The van der Waals surface area contributed by atoms with Crippen LogP contribution in [0.15, 0.2) is 40.2 Å². The van der Waals surface area contributed by atoms with Crippen LogP contribution in [0.3, 0.4) is 0 Å². The lowest BCUT2D eigenvalue weighted by atomic mass is 10.2. The topological polar surface area (TPSA) is 94.0 Å². The zero-order chi connectivity index (χ0) is 24.0. The summed E-state index contributed by atoms with van der Waals surface area (Å²) in [4.78, 5) is 20.6. The minimum absolute atomic E-state index is 0.0568. The first kappa shape index (κ1) is 24.1. The van der Waals surface area contributed by atoms with Crippen LogP contribution in [0, 0.1) is 12.8 Å². The van der Waals surface area contributed by atoms with Crippen LogP contribution in [0.1, 0.15) is 39.3 Å². The van der Waals surface area contributed by atoms with Gasteiger partial charge in [0.25, 0.3) is 5.56 Å². The lowest BCUT2D eigenvalue weighted by Crippen LogP contribution is -2.34. The minimum atomic E-state index is -4.85. The standard InChI is InChI=1S/C21H23ClF2N4O3S/c1-11(2)21(23,24)32(30,31)15-6-7-17(13(5)8-15)26-20-25-10-14-9-16(22)19(29)28(12(3)4)18(14)27-20/h6-12H,1-5H3,(H,25,26,27). The summed E-state index contributed by atoms with van der Waals surface area (Å²) in [7, 11) is -4.85. The number of hydrogen-bond donors (Lipinski definition) is 1. The Hall–Kier alpha value is -2.59. The van der Waals surface area contributed by atoms with Gasteiger partial charge in [-0.05, 0) is 50.6 Å². The molecule has 0 bridgehead atoms. The minimum Gasteiger partial charge on any atom is -0.324 e. The Labute approximate surface area is 189 Å². The summed E-state index contributed by atoms with van der Waals surface area (Å²) in [5.74, 6) is -1.22. The molecule has 3 aromatic rings. The van der Waals surface area contributed by atoms with Gasteiger partial charge in [-0.3, -0.25) is 9.36 Å². The fraction of sp³-hybridized carbons (Fsp3) is 0.381. The molecule has 0 aliphatic heterocycles. The average Bonchev–Trinajstić information content (AvgIpc) is 2.70. The van der Waals surface area contributed by atoms with Crippen LogP contribution in [-0.2, 0) is 9.84 Å². The number of fused-ring (bicyclic) bond motifs is 1. The van der Waals surface area contributed by atoms with Crippen LogP contribution in [0.5, 0.6) is 0 Å². The number of nitrogens with one attached hydrogen (secondary N) is 1. The van der Waals surface area contributed by atoms with Gasteiger partial charge in [-0.15, -0.1) is 0 Å². The summed E-state index contributed by atoms with van der Waals surface area (Å²) in [5, 5.41) is -0.310. The van der Waals surface area contributed by atoms with E-state index >= 15 is 0 Å². The van der Waals surface area contributed by atoms with Gasteiger partial charge in [0.05, 0.1) is 4.90 Å². The predicted octanol–water partition coefficient (Wildman–Crippen LogP) is 5.10. The summed E-state index contributed by atoms with van der Waals surface area (Å²) >= 11 is 6.02. The fourth-order valence-corrected chi connectivity index (χ4v) is 4.88. The fourth-order valence-electron chi connectivity index (χ4n) is 3.16. The molecule has 0 radical (unpaired) electrons. The van der Waals surface area contributed by atoms with Crippen molar-refractivity contribution >= 4 is 44.1 Å². The van der Waals surface area contributed by atoms with Crippen molar-refractivity contribution in [3.05, 3.63) is 51.4 Å². The Morgan fingerprint density at radius 3 is 2.38 bits per heavy atom. The molecule has 2 heterocycles. The lowest BCUT2D eigenvalue weighted by Gasteiger charge is -2.21. The van der Waals surface area contributed by atoms with Crippen molar-refractivity contribution in [1.82, 2.24) is 14.5 Å². The molecule has 3 rings (SSSR count). The third kappa shape index (κ3) is 4.09. The molecule has 0 spiro atoms. The van der Waals surface area contributed by atoms with E-state index in [1.165, 1.54) is 29.0 Å². The molecular weight excluding hydrogens is 462 g/mol. The summed E-state index contributed by atoms with van der Waals surface area (Å²) in [5.41, 5.74) is 0.839. The second kappa shape index (κ2) is 8.40. The summed E-state index contributed by atoms with van der Waals surface area (Å²) < 4.78 is 54.7. The Kier molecular flexibility index (Phi) is 6.32. The summed E-state index contributed by atoms with van der Waals surface area (Å²) in [6, 6.07) is 4.95. The molecule has 0 saturated carbocycles. The molecule has 0 atom stereocenters. The van der Waals surface area contributed by atoms with E-state index in [4.69, 9.17) is 11.6 Å².